The van der Waals surface area contributed by atoms with Gasteiger partial charge in [0.2, 0.25) is 0 Å². The molecule has 0 aliphatic heterocycles. The molecule has 0 N–H and O–H groups in total. The van der Waals surface area contributed by atoms with Crippen molar-refractivity contribution in [3.8, 4) is 5.75 Å². The summed E-state index contributed by atoms with van der Waals surface area (Å²) in [6, 6.07) is 5.59. The lowest BCUT2D eigenvalue weighted by Gasteiger charge is -2.28. The molecular formula is C17H24O4. The van der Waals surface area contributed by atoms with Crippen molar-refractivity contribution in [2.24, 2.45) is 0 Å². The van der Waals surface area contributed by atoms with Gasteiger partial charge in [-0.1, -0.05) is 6.07 Å². The minimum Gasteiger partial charge on any atom is -0.496 e. The Labute approximate surface area is 126 Å². The molecule has 2 rings (SSSR count). The fourth-order valence-corrected chi connectivity index (χ4v) is 2.77. The van der Waals surface area contributed by atoms with Crippen LogP contribution in [-0.4, -0.2) is 38.8 Å². The van der Waals surface area contributed by atoms with Crippen LogP contribution >= 0.6 is 0 Å². The molecule has 0 radical (unpaired) electrons. The SMILES string of the molecule is COc1cc(C)ccc1C(=O)COC1CCCC(OC)C1. The quantitative estimate of drug-likeness (QED) is 0.756. The second-order valence-electron chi connectivity index (χ2n) is 5.58. The van der Waals surface area contributed by atoms with Gasteiger partial charge >= 0.3 is 0 Å². The molecule has 0 saturated heterocycles. The number of ether oxygens (including phenoxy) is 3. The number of Topliss-reactive ketones (excluding diaryl/α,β-unsaturated/α-hetero) is 1. The summed E-state index contributed by atoms with van der Waals surface area (Å²) in [6.45, 7) is 2.07. The summed E-state index contributed by atoms with van der Waals surface area (Å²) in [4.78, 5) is 12.3. The van der Waals surface area contributed by atoms with Gasteiger partial charge < -0.3 is 14.2 Å². The van der Waals surface area contributed by atoms with E-state index in [1.807, 2.05) is 19.1 Å². The van der Waals surface area contributed by atoms with Gasteiger partial charge in [0, 0.05) is 7.11 Å². The molecule has 1 fully saturated rings. The van der Waals surface area contributed by atoms with Crippen molar-refractivity contribution in [3.05, 3.63) is 29.3 Å². The molecular weight excluding hydrogens is 268 g/mol. The van der Waals surface area contributed by atoms with Crippen LogP contribution in [0.25, 0.3) is 0 Å². The van der Waals surface area contributed by atoms with Crippen LogP contribution in [0.3, 0.4) is 0 Å². The molecule has 0 heterocycles. The summed E-state index contributed by atoms with van der Waals surface area (Å²) < 4.78 is 16.4. The van der Waals surface area contributed by atoms with Crippen LogP contribution in [0.1, 0.15) is 41.6 Å². The third kappa shape index (κ3) is 4.29. The van der Waals surface area contributed by atoms with Crippen molar-refractivity contribution in [2.45, 2.75) is 44.8 Å². The standard InChI is InChI=1S/C17H24O4/c1-12-7-8-15(17(9-12)20-3)16(18)11-21-14-6-4-5-13(10-14)19-2/h7-9,13-14H,4-6,10-11H2,1-3H3. The number of hydrogen-bond donors (Lipinski definition) is 0. The maximum Gasteiger partial charge on any atom is 0.192 e. The smallest absolute Gasteiger partial charge is 0.192 e. The van der Waals surface area contributed by atoms with E-state index < -0.39 is 0 Å². The maximum atomic E-state index is 12.3. The Balaban J connectivity index is 1.92. The highest BCUT2D eigenvalue weighted by atomic mass is 16.5. The van der Waals surface area contributed by atoms with E-state index in [9.17, 15) is 4.79 Å². The van der Waals surface area contributed by atoms with Gasteiger partial charge in [-0.2, -0.15) is 0 Å². The molecule has 2 unspecified atom stereocenters. The van der Waals surface area contributed by atoms with E-state index in [2.05, 4.69) is 0 Å². The molecule has 0 bridgehead atoms. The highest BCUT2D eigenvalue weighted by Crippen LogP contribution is 2.24. The van der Waals surface area contributed by atoms with Crippen LogP contribution in [0.2, 0.25) is 0 Å². The highest BCUT2D eigenvalue weighted by molar-refractivity contribution is 5.99. The Bertz CT molecular complexity index is 484. The number of ketones is 1. The van der Waals surface area contributed by atoms with Crippen LogP contribution in [0.5, 0.6) is 5.75 Å². The topological polar surface area (TPSA) is 44.8 Å². The van der Waals surface area contributed by atoms with Gasteiger partial charge in [-0.05, 0) is 50.3 Å². The summed E-state index contributed by atoms with van der Waals surface area (Å²) in [5.74, 6) is 0.577. The Morgan fingerprint density at radius 3 is 2.71 bits per heavy atom. The Kier molecular flexibility index (Phi) is 5.76. The van der Waals surface area contributed by atoms with Gasteiger partial charge in [-0.15, -0.1) is 0 Å². The molecule has 4 heteroatoms. The van der Waals surface area contributed by atoms with Gasteiger partial charge in [0.15, 0.2) is 5.78 Å². The van der Waals surface area contributed by atoms with E-state index in [4.69, 9.17) is 14.2 Å². The molecule has 2 atom stereocenters. The van der Waals surface area contributed by atoms with Crippen LogP contribution in [-0.2, 0) is 9.47 Å². The predicted octanol–water partition coefficient (Wildman–Crippen LogP) is 3.16. The Morgan fingerprint density at radius 1 is 1.24 bits per heavy atom. The first-order valence-corrected chi connectivity index (χ1v) is 7.46. The zero-order chi connectivity index (χ0) is 15.2. The minimum absolute atomic E-state index is 0.0357. The molecule has 1 saturated carbocycles. The van der Waals surface area contributed by atoms with Crippen molar-refractivity contribution in [1.82, 2.24) is 0 Å². The van der Waals surface area contributed by atoms with Gasteiger partial charge in [0.25, 0.3) is 0 Å². The molecule has 0 spiro atoms. The third-order valence-corrected chi connectivity index (χ3v) is 4.02. The third-order valence-electron chi connectivity index (χ3n) is 4.02. The van der Waals surface area contributed by atoms with Crippen LogP contribution in [0.15, 0.2) is 18.2 Å². The predicted molar refractivity (Wildman–Crippen MR) is 81.1 cm³/mol. The first-order chi connectivity index (χ1) is 10.1. The van der Waals surface area contributed by atoms with Crippen molar-refractivity contribution in [1.29, 1.82) is 0 Å². The van der Waals surface area contributed by atoms with Gasteiger partial charge in [0.1, 0.15) is 12.4 Å². The second kappa shape index (κ2) is 7.57. The minimum atomic E-state index is -0.0357. The van der Waals surface area contributed by atoms with E-state index in [0.29, 0.717) is 11.3 Å². The van der Waals surface area contributed by atoms with Crippen molar-refractivity contribution in [2.75, 3.05) is 20.8 Å². The summed E-state index contributed by atoms with van der Waals surface area (Å²) in [5, 5.41) is 0. The molecule has 116 valence electrons. The first kappa shape index (κ1) is 16.0. The van der Waals surface area contributed by atoms with Gasteiger partial charge in [-0.3, -0.25) is 4.79 Å². The highest BCUT2D eigenvalue weighted by Gasteiger charge is 2.23. The summed E-state index contributed by atoms with van der Waals surface area (Å²) in [5.41, 5.74) is 1.65. The van der Waals surface area contributed by atoms with Crippen LogP contribution in [0.4, 0.5) is 0 Å². The molecule has 1 aromatic carbocycles. The largest absolute Gasteiger partial charge is 0.496 e. The van der Waals surface area contributed by atoms with Crippen molar-refractivity contribution < 1.29 is 19.0 Å². The van der Waals surface area contributed by atoms with E-state index >= 15 is 0 Å². The van der Waals surface area contributed by atoms with Crippen LogP contribution < -0.4 is 4.74 Å². The number of hydrogen-bond acceptors (Lipinski definition) is 4. The molecule has 21 heavy (non-hydrogen) atoms. The number of carbonyl (C=O) groups excluding carboxylic acids is 1. The zero-order valence-electron chi connectivity index (χ0n) is 13.1. The molecule has 1 aromatic rings. The van der Waals surface area contributed by atoms with E-state index in [1.165, 1.54) is 0 Å². The van der Waals surface area contributed by atoms with Crippen LogP contribution in [0, 0.1) is 6.92 Å². The summed E-state index contributed by atoms with van der Waals surface area (Å²) in [7, 11) is 3.31. The molecule has 0 amide bonds. The van der Waals surface area contributed by atoms with E-state index in [0.717, 1.165) is 31.2 Å². The lowest BCUT2D eigenvalue weighted by Crippen LogP contribution is -2.29. The molecule has 1 aliphatic carbocycles. The fraction of sp³-hybridized carbons (Fsp3) is 0.588. The van der Waals surface area contributed by atoms with Gasteiger partial charge in [-0.25, -0.2) is 0 Å². The van der Waals surface area contributed by atoms with Crippen molar-refractivity contribution in [3.63, 3.8) is 0 Å². The van der Waals surface area contributed by atoms with E-state index in [-0.39, 0.29) is 24.6 Å². The average Bonchev–Trinajstić information content (AvgIpc) is 2.52. The molecule has 4 nitrogen and oxygen atoms in total. The Hall–Kier alpha value is -1.39. The lowest BCUT2D eigenvalue weighted by molar-refractivity contribution is -0.0243. The second-order valence-corrected chi connectivity index (χ2v) is 5.58. The fourth-order valence-electron chi connectivity index (χ4n) is 2.77. The normalized spacial score (nSPS) is 22.0. The zero-order valence-corrected chi connectivity index (χ0v) is 13.1. The first-order valence-electron chi connectivity index (χ1n) is 7.46. The van der Waals surface area contributed by atoms with Gasteiger partial charge in [0.05, 0.1) is 24.9 Å². The number of rotatable bonds is 6. The number of carbonyl (C=O) groups is 1. The molecule has 0 aromatic heterocycles. The van der Waals surface area contributed by atoms with E-state index in [1.54, 1.807) is 20.3 Å². The monoisotopic (exact) mass is 292 g/mol. The number of aryl methyl sites for hydroxylation is 1. The average molecular weight is 292 g/mol. The lowest BCUT2D eigenvalue weighted by atomic mass is 9.95. The maximum absolute atomic E-state index is 12.3. The molecule has 1 aliphatic rings. The number of benzene rings is 1. The van der Waals surface area contributed by atoms with Crippen molar-refractivity contribution >= 4 is 5.78 Å². The number of methoxy groups -OCH3 is 2. The summed E-state index contributed by atoms with van der Waals surface area (Å²) in [6.07, 6.45) is 4.41. The Morgan fingerprint density at radius 2 is 2.00 bits per heavy atom. The summed E-state index contributed by atoms with van der Waals surface area (Å²) >= 11 is 0.